The van der Waals surface area contributed by atoms with Crippen molar-refractivity contribution in [2.24, 2.45) is 12.0 Å². The number of halogens is 3. The summed E-state index contributed by atoms with van der Waals surface area (Å²) in [5.74, 6) is -0.771. The van der Waals surface area contributed by atoms with E-state index >= 15 is 0 Å². The van der Waals surface area contributed by atoms with Crippen LogP contribution in [0.5, 0.6) is 0 Å². The van der Waals surface area contributed by atoms with Crippen molar-refractivity contribution in [2.75, 3.05) is 0 Å². The first-order valence-corrected chi connectivity index (χ1v) is 11.0. The van der Waals surface area contributed by atoms with Crippen LogP contribution < -0.4 is 5.49 Å². The Morgan fingerprint density at radius 2 is 1.76 bits per heavy atom. The van der Waals surface area contributed by atoms with Gasteiger partial charge in [-0.25, -0.2) is 0 Å². The molecule has 0 atom stereocenters. The molecule has 0 saturated carbocycles. The topological polar surface area (TPSA) is 59.5 Å². The fourth-order valence-corrected chi connectivity index (χ4v) is 3.46. The lowest BCUT2D eigenvalue weighted by molar-refractivity contribution is -0.137. The predicted molar refractivity (Wildman–Crippen MR) is 124 cm³/mol. The SMILES string of the molecule is CCCCn1c(=NC(=O)c2cc(C(F)(F)F)ccc2C=CC(C)(C)O)cc(C(C)(C)C)n1C. The minimum atomic E-state index is -4.60. The van der Waals surface area contributed by atoms with E-state index in [1.807, 2.05) is 43.2 Å². The van der Waals surface area contributed by atoms with E-state index in [1.54, 1.807) is 0 Å². The molecule has 5 nitrogen and oxygen atoms in total. The van der Waals surface area contributed by atoms with Crippen LogP contribution in [0.4, 0.5) is 13.2 Å². The Labute approximate surface area is 193 Å². The van der Waals surface area contributed by atoms with Crippen LogP contribution in [0.25, 0.3) is 6.08 Å². The third-order valence-corrected chi connectivity index (χ3v) is 5.23. The quantitative estimate of drug-likeness (QED) is 0.615. The van der Waals surface area contributed by atoms with Gasteiger partial charge in [0.2, 0.25) is 0 Å². The van der Waals surface area contributed by atoms with E-state index in [9.17, 15) is 23.1 Å². The Balaban J connectivity index is 2.70. The van der Waals surface area contributed by atoms with Crippen LogP contribution in [-0.4, -0.2) is 26.0 Å². The van der Waals surface area contributed by atoms with Gasteiger partial charge in [0.25, 0.3) is 5.91 Å². The summed E-state index contributed by atoms with van der Waals surface area (Å²) in [6.07, 6.45) is 0.0796. The van der Waals surface area contributed by atoms with Crippen molar-refractivity contribution in [3.63, 3.8) is 0 Å². The van der Waals surface area contributed by atoms with Crippen molar-refractivity contribution in [2.45, 2.75) is 78.1 Å². The molecule has 2 aromatic rings. The van der Waals surface area contributed by atoms with Crippen LogP contribution in [0.1, 0.15) is 81.6 Å². The molecule has 0 radical (unpaired) electrons. The number of rotatable bonds is 6. The zero-order valence-corrected chi connectivity index (χ0v) is 20.4. The van der Waals surface area contributed by atoms with Crippen molar-refractivity contribution >= 4 is 12.0 Å². The van der Waals surface area contributed by atoms with Gasteiger partial charge in [0.1, 0.15) is 0 Å². The number of carbonyl (C=O) groups is 1. The molecule has 8 heteroatoms. The number of aliphatic hydroxyl groups is 1. The Kier molecular flexibility index (Phi) is 7.84. The van der Waals surface area contributed by atoms with Gasteiger partial charge in [0.15, 0.2) is 5.49 Å². The fourth-order valence-electron chi connectivity index (χ4n) is 3.46. The minimum absolute atomic E-state index is 0.173. The van der Waals surface area contributed by atoms with Gasteiger partial charge in [0, 0.05) is 36.3 Å². The maximum atomic E-state index is 13.3. The van der Waals surface area contributed by atoms with Crippen molar-refractivity contribution in [3.05, 3.63) is 58.2 Å². The first kappa shape index (κ1) is 26.6. The molecule has 0 aliphatic rings. The van der Waals surface area contributed by atoms with Crippen molar-refractivity contribution in [1.29, 1.82) is 0 Å². The summed E-state index contributed by atoms with van der Waals surface area (Å²) in [5, 5.41) is 9.97. The number of alkyl halides is 3. The zero-order chi connectivity index (χ0) is 25.2. The lowest BCUT2D eigenvalue weighted by Crippen LogP contribution is -2.25. The number of aromatic nitrogens is 2. The zero-order valence-electron chi connectivity index (χ0n) is 20.4. The molecule has 1 heterocycles. The Hall–Kier alpha value is -2.61. The lowest BCUT2D eigenvalue weighted by Gasteiger charge is -2.20. The van der Waals surface area contributed by atoms with Crippen molar-refractivity contribution < 1.29 is 23.1 Å². The van der Waals surface area contributed by atoms with Crippen LogP contribution in [-0.2, 0) is 25.2 Å². The molecule has 0 fully saturated rings. The van der Waals surface area contributed by atoms with E-state index in [0.29, 0.717) is 12.0 Å². The smallest absolute Gasteiger partial charge is 0.386 e. The molecule has 182 valence electrons. The summed E-state index contributed by atoms with van der Waals surface area (Å²) in [4.78, 5) is 17.4. The van der Waals surface area contributed by atoms with E-state index in [1.165, 1.54) is 32.1 Å². The third-order valence-electron chi connectivity index (χ3n) is 5.23. The van der Waals surface area contributed by atoms with Gasteiger partial charge < -0.3 is 5.11 Å². The van der Waals surface area contributed by atoms with E-state index in [-0.39, 0.29) is 16.5 Å². The summed E-state index contributed by atoms with van der Waals surface area (Å²) in [6.45, 7) is 11.9. The first-order chi connectivity index (χ1) is 15.0. The number of hydrogen-bond acceptors (Lipinski definition) is 2. The largest absolute Gasteiger partial charge is 0.416 e. The van der Waals surface area contributed by atoms with Crippen LogP contribution in [0.15, 0.2) is 35.3 Å². The molecule has 0 spiro atoms. The molecular formula is C25H34F3N3O2. The Bertz CT molecular complexity index is 1090. The van der Waals surface area contributed by atoms with Crippen LogP contribution in [0, 0.1) is 0 Å². The number of hydrogen-bond donors (Lipinski definition) is 1. The number of nitrogens with zero attached hydrogens (tertiary/aromatic N) is 3. The molecule has 0 bridgehead atoms. The minimum Gasteiger partial charge on any atom is -0.386 e. The van der Waals surface area contributed by atoms with Gasteiger partial charge >= 0.3 is 6.18 Å². The molecule has 0 aliphatic heterocycles. The van der Waals surface area contributed by atoms with Crippen molar-refractivity contribution in [1.82, 2.24) is 9.36 Å². The standard InChI is InChI=1S/C25H34F3N3O2/c1-8-9-14-31-21(16-20(30(31)7)23(2,3)4)29-22(32)19-15-18(25(26,27)28)11-10-17(19)12-13-24(5,6)33/h10-13,15-16,33H,8-9,14H2,1-7H3. The molecule has 2 rings (SSSR count). The molecule has 1 amide bonds. The van der Waals surface area contributed by atoms with Crippen LogP contribution >= 0.6 is 0 Å². The van der Waals surface area contributed by atoms with Gasteiger partial charge in [-0.2, -0.15) is 18.2 Å². The second-order valence-electron chi connectivity index (χ2n) is 9.84. The van der Waals surface area contributed by atoms with Crippen LogP contribution in [0.2, 0.25) is 0 Å². The average Bonchev–Trinajstić information content (AvgIpc) is 2.98. The Morgan fingerprint density at radius 3 is 2.27 bits per heavy atom. The fraction of sp³-hybridized carbons (Fsp3) is 0.520. The monoisotopic (exact) mass is 465 g/mol. The van der Waals surface area contributed by atoms with E-state index < -0.39 is 23.2 Å². The third kappa shape index (κ3) is 6.93. The number of amides is 1. The highest BCUT2D eigenvalue weighted by Crippen LogP contribution is 2.31. The van der Waals surface area contributed by atoms with Gasteiger partial charge in [-0.3, -0.25) is 14.2 Å². The van der Waals surface area contributed by atoms with Crippen molar-refractivity contribution in [3.8, 4) is 0 Å². The molecule has 0 saturated heterocycles. The van der Waals surface area contributed by atoms with E-state index in [0.717, 1.165) is 30.7 Å². The maximum absolute atomic E-state index is 13.3. The van der Waals surface area contributed by atoms with Crippen LogP contribution in [0.3, 0.4) is 0 Å². The summed E-state index contributed by atoms with van der Waals surface area (Å²) >= 11 is 0. The Morgan fingerprint density at radius 1 is 1.12 bits per heavy atom. The summed E-state index contributed by atoms with van der Waals surface area (Å²) in [6, 6.07) is 4.78. The highest BCUT2D eigenvalue weighted by Gasteiger charge is 2.31. The van der Waals surface area contributed by atoms with Gasteiger partial charge in [-0.15, -0.1) is 0 Å². The first-order valence-electron chi connectivity index (χ1n) is 11.0. The molecule has 0 unspecified atom stereocenters. The lowest BCUT2D eigenvalue weighted by atomic mass is 9.92. The van der Waals surface area contributed by atoms with Gasteiger partial charge in [0.05, 0.1) is 11.2 Å². The average molecular weight is 466 g/mol. The second-order valence-corrected chi connectivity index (χ2v) is 9.84. The summed E-state index contributed by atoms with van der Waals surface area (Å²) in [5.41, 5.74) is -0.893. The summed E-state index contributed by atoms with van der Waals surface area (Å²) < 4.78 is 43.9. The maximum Gasteiger partial charge on any atom is 0.416 e. The molecule has 33 heavy (non-hydrogen) atoms. The van der Waals surface area contributed by atoms with E-state index in [4.69, 9.17) is 0 Å². The molecule has 1 aromatic heterocycles. The normalized spacial score (nSPS) is 13.8. The highest BCUT2D eigenvalue weighted by molar-refractivity contribution is 5.98. The second kappa shape index (κ2) is 9.71. The van der Waals surface area contributed by atoms with Gasteiger partial charge in [-0.05, 0) is 38.0 Å². The molecule has 1 aromatic carbocycles. The number of benzene rings is 1. The number of unbranched alkanes of at least 4 members (excludes halogenated alkanes) is 1. The summed E-state index contributed by atoms with van der Waals surface area (Å²) in [7, 11) is 1.89. The molecule has 0 aliphatic carbocycles. The molecular weight excluding hydrogens is 431 g/mol. The predicted octanol–water partition coefficient (Wildman–Crippen LogP) is 5.47. The highest BCUT2D eigenvalue weighted by atomic mass is 19.4. The van der Waals surface area contributed by atoms with Gasteiger partial charge in [-0.1, -0.05) is 52.3 Å². The van der Waals surface area contributed by atoms with E-state index in [2.05, 4.69) is 11.9 Å². The molecule has 1 N–H and O–H groups in total. The number of carbonyl (C=O) groups excluding carboxylic acids is 1.